The van der Waals surface area contributed by atoms with E-state index in [4.69, 9.17) is 0 Å². The summed E-state index contributed by atoms with van der Waals surface area (Å²) in [5.74, 6) is -0.0782. The Hall–Kier alpha value is -1.59. The molecule has 0 radical (unpaired) electrons. The van der Waals surface area contributed by atoms with Crippen LogP contribution in [0.1, 0.15) is 11.7 Å². The van der Waals surface area contributed by atoms with Gasteiger partial charge in [0.15, 0.2) is 6.20 Å². The Morgan fingerprint density at radius 1 is 1.28 bits per heavy atom. The van der Waals surface area contributed by atoms with E-state index in [-0.39, 0.29) is 5.82 Å². The highest BCUT2D eigenvalue weighted by Crippen LogP contribution is 2.22. The number of nitrogens with zero attached hydrogens (tertiary/aromatic N) is 1. The van der Waals surface area contributed by atoms with Crippen LogP contribution < -0.4 is 4.73 Å². The number of aliphatic hydroxyl groups excluding tert-OH is 1. The van der Waals surface area contributed by atoms with E-state index in [2.05, 4.69) is 0 Å². The molecule has 0 aliphatic carbocycles. The summed E-state index contributed by atoms with van der Waals surface area (Å²) in [4.78, 5) is 0. The van der Waals surface area contributed by atoms with Crippen molar-refractivity contribution in [2.24, 2.45) is 0 Å². The molecule has 1 N–H and O–H groups in total. The van der Waals surface area contributed by atoms with E-state index in [0.29, 0.717) is 16.3 Å². The number of rotatable bonds is 4. The third-order valence-electron chi connectivity index (χ3n) is 2.41. The minimum atomic E-state index is -0.800. The van der Waals surface area contributed by atoms with Gasteiger partial charge in [0.2, 0.25) is 0 Å². The summed E-state index contributed by atoms with van der Waals surface area (Å²) in [5.41, 5.74) is 0.510. The van der Waals surface area contributed by atoms with Crippen LogP contribution >= 0.6 is 11.8 Å². The third kappa shape index (κ3) is 3.21. The molecular formula is C13H12FNO2S. The van der Waals surface area contributed by atoms with Gasteiger partial charge in [-0.15, -0.1) is 0 Å². The molecule has 2 aromatic rings. The van der Waals surface area contributed by atoms with Gasteiger partial charge in [0.05, 0.1) is 6.10 Å². The molecule has 94 valence electrons. The predicted octanol–water partition coefficient (Wildman–Crippen LogP) is 2.28. The van der Waals surface area contributed by atoms with E-state index in [1.165, 1.54) is 30.1 Å². The van der Waals surface area contributed by atoms with Crippen molar-refractivity contribution >= 4 is 11.8 Å². The van der Waals surface area contributed by atoms with E-state index in [9.17, 15) is 14.7 Å². The van der Waals surface area contributed by atoms with Crippen LogP contribution in [-0.2, 0) is 0 Å². The molecule has 3 nitrogen and oxygen atoms in total. The van der Waals surface area contributed by atoms with Gasteiger partial charge >= 0.3 is 0 Å². The topological polar surface area (TPSA) is 47.2 Å². The van der Waals surface area contributed by atoms with Crippen molar-refractivity contribution in [1.82, 2.24) is 0 Å². The number of thioether (sulfide) groups is 1. The molecule has 0 amide bonds. The van der Waals surface area contributed by atoms with E-state index >= 15 is 0 Å². The number of halogens is 1. The fraction of sp³-hybridized carbons (Fsp3) is 0.154. The molecule has 0 saturated carbocycles. The SMILES string of the molecule is [O-][n+]1ccccc1SCC(O)c1cccc(F)c1. The predicted molar refractivity (Wildman–Crippen MR) is 67.5 cm³/mol. The number of aliphatic hydroxyl groups is 1. The minimum Gasteiger partial charge on any atom is -0.618 e. The Morgan fingerprint density at radius 3 is 2.83 bits per heavy atom. The van der Waals surface area contributed by atoms with Crippen molar-refractivity contribution in [3.05, 3.63) is 65.2 Å². The number of hydrogen-bond acceptors (Lipinski definition) is 3. The smallest absolute Gasteiger partial charge is 0.251 e. The molecule has 0 aliphatic rings. The molecule has 0 bridgehead atoms. The fourth-order valence-electron chi connectivity index (χ4n) is 1.50. The number of benzene rings is 1. The maximum Gasteiger partial charge on any atom is 0.251 e. The molecule has 1 aromatic carbocycles. The van der Waals surface area contributed by atoms with Crippen molar-refractivity contribution in [2.45, 2.75) is 11.1 Å². The van der Waals surface area contributed by atoms with Crippen molar-refractivity contribution in [1.29, 1.82) is 0 Å². The van der Waals surface area contributed by atoms with Crippen LogP contribution in [0.3, 0.4) is 0 Å². The Labute approximate surface area is 108 Å². The largest absolute Gasteiger partial charge is 0.618 e. The van der Waals surface area contributed by atoms with Gasteiger partial charge < -0.3 is 10.3 Å². The van der Waals surface area contributed by atoms with Gasteiger partial charge in [0.1, 0.15) is 5.82 Å². The lowest BCUT2D eigenvalue weighted by atomic mass is 10.1. The van der Waals surface area contributed by atoms with Gasteiger partial charge in [-0.25, -0.2) is 4.39 Å². The summed E-state index contributed by atoms with van der Waals surface area (Å²) in [7, 11) is 0. The minimum absolute atomic E-state index is 0.301. The van der Waals surface area contributed by atoms with Gasteiger partial charge in [-0.1, -0.05) is 23.9 Å². The Balaban J connectivity index is 2.00. The highest BCUT2D eigenvalue weighted by atomic mass is 32.2. The first-order chi connectivity index (χ1) is 8.66. The molecule has 0 saturated heterocycles. The zero-order valence-electron chi connectivity index (χ0n) is 9.49. The van der Waals surface area contributed by atoms with Crippen LogP contribution in [0, 0.1) is 11.0 Å². The fourth-order valence-corrected chi connectivity index (χ4v) is 2.38. The molecule has 1 unspecified atom stereocenters. The van der Waals surface area contributed by atoms with Crippen LogP contribution in [-0.4, -0.2) is 10.9 Å². The number of hydrogen-bond donors (Lipinski definition) is 1. The Morgan fingerprint density at radius 2 is 2.11 bits per heavy atom. The zero-order chi connectivity index (χ0) is 13.0. The molecule has 1 aromatic heterocycles. The maximum absolute atomic E-state index is 13.0. The van der Waals surface area contributed by atoms with Gasteiger partial charge in [-0.3, -0.25) is 0 Å². The van der Waals surface area contributed by atoms with E-state index in [0.717, 1.165) is 4.73 Å². The monoisotopic (exact) mass is 265 g/mol. The van der Waals surface area contributed by atoms with E-state index < -0.39 is 6.10 Å². The van der Waals surface area contributed by atoms with Crippen LogP contribution in [0.25, 0.3) is 0 Å². The first-order valence-corrected chi connectivity index (χ1v) is 6.40. The van der Waals surface area contributed by atoms with E-state index in [1.54, 1.807) is 30.3 Å². The summed E-state index contributed by atoms with van der Waals surface area (Å²) < 4.78 is 13.7. The number of pyridine rings is 1. The average molecular weight is 265 g/mol. The summed E-state index contributed by atoms with van der Waals surface area (Å²) in [6.07, 6.45) is 0.600. The second-order valence-electron chi connectivity index (χ2n) is 3.75. The lowest BCUT2D eigenvalue weighted by molar-refractivity contribution is -0.645. The highest BCUT2D eigenvalue weighted by Gasteiger charge is 2.12. The maximum atomic E-state index is 13.0. The first kappa shape index (κ1) is 12.9. The highest BCUT2D eigenvalue weighted by molar-refractivity contribution is 7.99. The quantitative estimate of drug-likeness (QED) is 0.524. The van der Waals surface area contributed by atoms with Gasteiger partial charge in [-0.05, 0) is 23.8 Å². The summed E-state index contributed by atoms with van der Waals surface area (Å²) in [6.45, 7) is 0. The normalized spacial score (nSPS) is 12.3. The lowest BCUT2D eigenvalue weighted by Crippen LogP contribution is -2.28. The van der Waals surface area contributed by atoms with Gasteiger partial charge in [0, 0.05) is 17.9 Å². The van der Waals surface area contributed by atoms with Crippen molar-refractivity contribution in [2.75, 3.05) is 5.75 Å². The summed E-state index contributed by atoms with van der Waals surface area (Å²) in [6, 6.07) is 10.9. The molecule has 2 rings (SSSR count). The van der Waals surface area contributed by atoms with Crippen molar-refractivity contribution in [3.63, 3.8) is 0 Å². The average Bonchev–Trinajstić information content (AvgIpc) is 2.37. The molecule has 5 heteroatoms. The Bertz CT molecular complexity index is 536. The van der Waals surface area contributed by atoms with Crippen LogP contribution in [0.15, 0.2) is 53.7 Å². The van der Waals surface area contributed by atoms with Crippen LogP contribution in [0.2, 0.25) is 0 Å². The third-order valence-corrected chi connectivity index (χ3v) is 3.51. The zero-order valence-corrected chi connectivity index (χ0v) is 10.3. The molecular weight excluding hydrogens is 253 g/mol. The van der Waals surface area contributed by atoms with Gasteiger partial charge in [0.25, 0.3) is 5.03 Å². The summed E-state index contributed by atoms with van der Waals surface area (Å²) >= 11 is 1.23. The van der Waals surface area contributed by atoms with Crippen LogP contribution in [0.5, 0.6) is 0 Å². The standard InChI is InChI=1S/C13H12FNO2S/c14-11-5-3-4-10(8-11)12(16)9-18-13-6-1-2-7-15(13)17/h1-8,12,16H,9H2. The molecule has 0 spiro atoms. The number of aromatic nitrogens is 1. The van der Waals surface area contributed by atoms with E-state index in [1.807, 2.05) is 0 Å². The molecule has 18 heavy (non-hydrogen) atoms. The second kappa shape index (κ2) is 5.84. The summed E-state index contributed by atoms with van der Waals surface area (Å²) in [5, 5.41) is 21.8. The lowest BCUT2D eigenvalue weighted by Gasteiger charge is -2.10. The second-order valence-corrected chi connectivity index (χ2v) is 4.79. The molecule has 0 aliphatic heterocycles. The molecule has 1 atom stereocenters. The molecule has 1 heterocycles. The molecule has 0 fully saturated rings. The first-order valence-electron chi connectivity index (χ1n) is 5.41. The van der Waals surface area contributed by atoms with Crippen LogP contribution in [0.4, 0.5) is 4.39 Å². The Kier molecular flexibility index (Phi) is 4.17. The van der Waals surface area contributed by atoms with Gasteiger partial charge in [-0.2, -0.15) is 4.73 Å². The van der Waals surface area contributed by atoms with Crippen molar-refractivity contribution < 1.29 is 14.2 Å². The van der Waals surface area contributed by atoms with Crippen molar-refractivity contribution in [3.8, 4) is 0 Å².